The lowest BCUT2D eigenvalue weighted by atomic mass is 9.89. The average molecular weight is 170 g/mol. The molecule has 2 aliphatic rings. The minimum absolute atomic E-state index is 0.0417. The van der Waals surface area contributed by atoms with Crippen molar-refractivity contribution in [3.05, 3.63) is 0 Å². The number of hydrogen-bond donors (Lipinski definition) is 2. The van der Waals surface area contributed by atoms with Crippen LogP contribution in [0.1, 0.15) is 12.8 Å². The second kappa shape index (κ2) is 2.12. The maximum Gasteiger partial charge on any atom is 0.407 e. The molecule has 2 rings (SSSR count). The number of carbonyl (C=O) groups excluding carboxylic acids is 1. The van der Waals surface area contributed by atoms with E-state index in [0.29, 0.717) is 19.5 Å². The molecule has 2 heterocycles. The lowest BCUT2D eigenvalue weighted by molar-refractivity contribution is -0.120. The monoisotopic (exact) mass is 170 g/mol. The maximum atomic E-state index is 10.9. The van der Waals surface area contributed by atoms with Crippen molar-refractivity contribution >= 4 is 12.0 Å². The first-order chi connectivity index (χ1) is 5.61. The zero-order valence-electron chi connectivity index (χ0n) is 6.54. The third-order valence-electron chi connectivity index (χ3n) is 2.49. The molecule has 2 amide bonds. The molecular formula is C7H10N2O3. The molecule has 0 aromatic heterocycles. The molecule has 2 aliphatic heterocycles. The van der Waals surface area contributed by atoms with Gasteiger partial charge in [-0.05, 0) is 6.42 Å². The standard InChI is InChI=1S/C7H10N2O3/c10-5-1-2-7(8-5)3-9(4-7)6(11)12/h1-4H2,(H,8,10)(H,11,12). The topological polar surface area (TPSA) is 69.6 Å². The van der Waals surface area contributed by atoms with Crippen LogP contribution in [0.3, 0.4) is 0 Å². The molecule has 5 nitrogen and oxygen atoms in total. The van der Waals surface area contributed by atoms with Crippen LogP contribution in [-0.4, -0.2) is 40.6 Å². The predicted octanol–water partition coefficient (Wildman–Crippen LogP) is -0.371. The number of carbonyl (C=O) groups is 2. The molecule has 2 saturated heterocycles. The molecule has 2 fully saturated rings. The molecule has 0 unspecified atom stereocenters. The van der Waals surface area contributed by atoms with E-state index in [0.717, 1.165) is 6.42 Å². The molecule has 0 saturated carbocycles. The first-order valence-electron chi connectivity index (χ1n) is 3.90. The van der Waals surface area contributed by atoms with Gasteiger partial charge in [0.05, 0.1) is 5.54 Å². The molecule has 0 aliphatic carbocycles. The number of rotatable bonds is 0. The first-order valence-corrected chi connectivity index (χ1v) is 3.90. The smallest absolute Gasteiger partial charge is 0.407 e. The summed E-state index contributed by atoms with van der Waals surface area (Å²) >= 11 is 0. The van der Waals surface area contributed by atoms with Crippen LogP contribution >= 0.6 is 0 Å². The van der Waals surface area contributed by atoms with E-state index in [9.17, 15) is 9.59 Å². The van der Waals surface area contributed by atoms with Crippen LogP contribution in [0.15, 0.2) is 0 Å². The molecular weight excluding hydrogens is 160 g/mol. The molecule has 12 heavy (non-hydrogen) atoms. The number of carboxylic acid groups (broad SMARTS) is 1. The van der Waals surface area contributed by atoms with E-state index in [1.165, 1.54) is 4.90 Å². The van der Waals surface area contributed by atoms with Gasteiger partial charge in [0.2, 0.25) is 5.91 Å². The highest BCUT2D eigenvalue weighted by molar-refractivity contribution is 5.80. The number of nitrogens with one attached hydrogen (secondary N) is 1. The fourth-order valence-electron chi connectivity index (χ4n) is 1.83. The third kappa shape index (κ3) is 0.929. The first kappa shape index (κ1) is 7.39. The van der Waals surface area contributed by atoms with Crippen molar-refractivity contribution in [1.29, 1.82) is 0 Å². The Morgan fingerprint density at radius 2 is 2.25 bits per heavy atom. The fraction of sp³-hybridized carbons (Fsp3) is 0.714. The van der Waals surface area contributed by atoms with Gasteiger partial charge in [-0.15, -0.1) is 0 Å². The van der Waals surface area contributed by atoms with Crippen molar-refractivity contribution < 1.29 is 14.7 Å². The number of amides is 2. The van der Waals surface area contributed by atoms with Crippen LogP contribution in [0.2, 0.25) is 0 Å². The van der Waals surface area contributed by atoms with Crippen molar-refractivity contribution in [2.75, 3.05) is 13.1 Å². The van der Waals surface area contributed by atoms with Gasteiger partial charge >= 0.3 is 6.09 Å². The molecule has 0 aromatic rings. The Labute approximate surface area is 69.3 Å². The van der Waals surface area contributed by atoms with E-state index >= 15 is 0 Å². The summed E-state index contributed by atoms with van der Waals surface area (Å²) in [4.78, 5) is 22.6. The van der Waals surface area contributed by atoms with Crippen molar-refractivity contribution in [3.8, 4) is 0 Å². The minimum Gasteiger partial charge on any atom is -0.465 e. The maximum absolute atomic E-state index is 10.9. The SMILES string of the molecule is O=C1CCC2(CN(C(=O)O)C2)N1. The van der Waals surface area contributed by atoms with Crippen molar-refractivity contribution in [3.63, 3.8) is 0 Å². The number of likely N-dealkylation sites (tertiary alicyclic amines) is 1. The van der Waals surface area contributed by atoms with Crippen molar-refractivity contribution in [1.82, 2.24) is 10.2 Å². The fourth-order valence-corrected chi connectivity index (χ4v) is 1.83. The Balaban J connectivity index is 1.95. The molecule has 1 spiro atoms. The van der Waals surface area contributed by atoms with Crippen molar-refractivity contribution in [2.24, 2.45) is 0 Å². The zero-order valence-corrected chi connectivity index (χ0v) is 6.54. The minimum atomic E-state index is -0.901. The summed E-state index contributed by atoms with van der Waals surface area (Å²) in [6.07, 6.45) is 0.407. The molecule has 2 N–H and O–H groups in total. The van der Waals surface area contributed by atoms with Gasteiger partial charge in [0, 0.05) is 19.5 Å². The molecule has 0 radical (unpaired) electrons. The van der Waals surface area contributed by atoms with E-state index in [4.69, 9.17) is 5.11 Å². The Hall–Kier alpha value is -1.26. The summed E-state index contributed by atoms with van der Waals surface area (Å²) in [5.74, 6) is 0.0417. The van der Waals surface area contributed by atoms with Gasteiger partial charge in [0.25, 0.3) is 0 Å². The molecule has 0 bridgehead atoms. The average Bonchev–Trinajstić information content (AvgIpc) is 2.27. The van der Waals surface area contributed by atoms with E-state index in [1.54, 1.807) is 0 Å². The van der Waals surface area contributed by atoms with E-state index in [-0.39, 0.29) is 11.4 Å². The van der Waals surface area contributed by atoms with E-state index in [2.05, 4.69) is 5.32 Å². The van der Waals surface area contributed by atoms with Gasteiger partial charge in [-0.3, -0.25) is 4.79 Å². The summed E-state index contributed by atoms with van der Waals surface area (Å²) in [6, 6.07) is 0. The van der Waals surface area contributed by atoms with Crippen LogP contribution in [0.4, 0.5) is 4.79 Å². The van der Waals surface area contributed by atoms with Gasteiger partial charge < -0.3 is 15.3 Å². The Kier molecular flexibility index (Phi) is 1.31. The normalized spacial score (nSPS) is 25.3. The summed E-state index contributed by atoms with van der Waals surface area (Å²) in [5.41, 5.74) is -0.213. The van der Waals surface area contributed by atoms with Gasteiger partial charge in [-0.2, -0.15) is 0 Å². The predicted molar refractivity (Wildman–Crippen MR) is 39.7 cm³/mol. The lowest BCUT2D eigenvalue weighted by Crippen LogP contribution is -2.68. The molecule has 0 aromatic carbocycles. The number of hydrogen-bond acceptors (Lipinski definition) is 2. The van der Waals surface area contributed by atoms with Crippen LogP contribution in [0.5, 0.6) is 0 Å². The van der Waals surface area contributed by atoms with Crippen molar-refractivity contribution in [2.45, 2.75) is 18.4 Å². The van der Waals surface area contributed by atoms with E-state index < -0.39 is 6.09 Å². The molecule has 5 heteroatoms. The second-order valence-electron chi connectivity index (χ2n) is 3.47. The second-order valence-corrected chi connectivity index (χ2v) is 3.47. The highest BCUT2D eigenvalue weighted by Crippen LogP contribution is 2.30. The van der Waals surface area contributed by atoms with Crippen LogP contribution in [-0.2, 0) is 4.79 Å². The Bertz CT molecular complexity index is 245. The quantitative estimate of drug-likeness (QED) is 0.521. The molecule has 0 atom stereocenters. The van der Waals surface area contributed by atoms with Gasteiger partial charge in [-0.1, -0.05) is 0 Å². The Morgan fingerprint density at radius 3 is 2.67 bits per heavy atom. The van der Waals surface area contributed by atoms with E-state index in [1.807, 2.05) is 0 Å². The summed E-state index contributed by atoms with van der Waals surface area (Å²) < 4.78 is 0. The zero-order chi connectivity index (χ0) is 8.77. The van der Waals surface area contributed by atoms with Crippen LogP contribution in [0, 0.1) is 0 Å². The number of nitrogens with zero attached hydrogens (tertiary/aromatic N) is 1. The summed E-state index contributed by atoms with van der Waals surface area (Å²) in [6.45, 7) is 0.905. The highest BCUT2D eigenvalue weighted by atomic mass is 16.4. The van der Waals surface area contributed by atoms with Gasteiger partial charge in [-0.25, -0.2) is 4.79 Å². The van der Waals surface area contributed by atoms with Gasteiger partial charge in [0.1, 0.15) is 0 Å². The molecule has 66 valence electrons. The summed E-state index contributed by atoms with van der Waals surface area (Å²) in [7, 11) is 0. The Morgan fingerprint density at radius 1 is 1.58 bits per heavy atom. The summed E-state index contributed by atoms with van der Waals surface area (Å²) in [5, 5.41) is 11.4. The third-order valence-corrected chi connectivity index (χ3v) is 2.49. The van der Waals surface area contributed by atoms with Gasteiger partial charge in [0.15, 0.2) is 0 Å². The van der Waals surface area contributed by atoms with Crippen LogP contribution < -0.4 is 5.32 Å². The highest BCUT2D eigenvalue weighted by Gasteiger charge is 2.49. The largest absolute Gasteiger partial charge is 0.465 e. The lowest BCUT2D eigenvalue weighted by Gasteiger charge is -2.46. The van der Waals surface area contributed by atoms with Crippen LogP contribution in [0.25, 0.3) is 0 Å².